The van der Waals surface area contributed by atoms with Gasteiger partial charge in [0.25, 0.3) is 0 Å². The summed E-state index contributed by atoms with van der Waals surface area (Å²) in [6, 6.07) is 5.36. The maximum Gasteiger partial charge on any atom is 0.340 e. The Morgan fingerprint density at radius 1 is 1.31 bits per heavy atom. The van der Waals surface area contributed by atoms with Gasteiger partial charge in [0.15, 0.2) is 0 Å². The molecule has 0 aliphatic heterocycles. The molecule has 0 saturated carbocycles. The molecule has 16 heavy (non-hydrogen) atoms. The van der Waals surface area contributed by atoms with E-state index in [0.717, 1.165) is 5.56 Å². The second-order valence-corrected chi connectivity index (χ2v) is 4.45. The maximum atomic E-state index is 11.8. The monoisotopic (exact) mass is 221 g/mol. The molecule has 1 aromatic rings. The smallest absolute Gasteiger partial charge is 0.340 e. The molecule has 2 N–H and O–H groups in total. The lowest BCUT2D eigenvalue weighted by molar-refractivity contribution is 0.0239. The Bertz CT molecular complexity index is 386. The van der Waals surface area contributed by atoms with Crippen LogP contribution >= 0.6 is 0 Å². The van der Waals surface area contributed by atoms with Crippen molar-refractivity contribution in [2.75, 3.05) is 5.73 Å². The minimum absolute atomic E-state index is 0.104. The van der Waals surface area contributed by atoms with Crippen LogP contribution in [-0.4, -0.2) is 12.1 Å². The first-order valence-electron chi connectivity index (χ1n) is 5.49. The molecule has 0 saturated heterocycles. The van der Waals surface area contributed by atoms with Crippen molar-refractivity contribution in [3.63, 3.8) is 0 Å². The van der Waals surface area contributed by atoms with Crippen LogP contribution < -0.4 is 5.73 Å². The highest BCUT2D eigenvalue weighted by Crippen LogP contribution is 2.17. The van der Waals surface area contributed by atoms with Gasteiger partial charge in [-0.15, -0.1) is 0 Å². The number of ether oxygens (including phenoxy) is 1. The van der Waals surface area contributed by atoms with Gasteiger partial charge < -0.3 is 10.5 Å². The number of hydrogen-bond donors (Lipinski definition) is 1. The molecule has 1 unspecified atom stereocenters. The zero-order chi connectivity index (χ0) is 12.3. The molecule has 1 atom stereocenters. The number of carbonyl (C=O) groups is 1. The molecule has 0 aromatic heterocycles. The molecule has 0 bridgehead atoms. The van der Waals surface area contributed by atoms with Crippen molar-refractivity contribution in [3.05, 3.63) is 29.3 Å². The molecule has 0 aliphatic rings. The van der Waals surface area contributed by atoms with Gasteiger partial charge in [-0.05, 0) is 31.9 Å². The third-order valence-corrected chi connectivity index (χ3v) is 2.66. The largest absolute Gasteiger partial charge is 0.459 e. The summed E-state index contributed by atoms with van der Waals surface area (Å²) >= 11 is 0. The summed E-state index contributed by atoms with van der Waals surface area (Å²) in [6.07, 6.45) is -0.104. The Kier molecular flexibility index (Phi) is 3.93. The van der Waals surface area contributed by atoms with Crippen molar-refractivity contribution in [3.8, 4) is 0 Å². The highest BCUT2D eigenvalue weighted by atomic mass is 16.5. The van der Waals surface area contributed by atoms with E-state index in [1.807, 2.05) is 33.8 Å². The standard InChI is InChI=1S/C13H19NO2/c1-8(2)10(4)16-13(15)11-7-9(3)5-6-12(11)14/h5-8,10H,14H2,1-4H3. The Balaban J connectivity index is 2.84. The van der Waals surface area contributed by atoms with Gasteiger partial charge in [0.2, 0.25) is 0 Å². The van der Waals surface area contributed by atoms with Crippen LogP contribution in [0.5, 0.6) is 0 Å². The fourth-order valence-corrected chi connectivity index (χ4v) is 1.22. The summed E-state index contributed by atoms with van der Waals surface area (Å²) in [7, 11) is 0. The average molecular weight is 221 g/mol. The van der Waals surface area contributed by atoms with E-state index in [-0.39, 0.29) is 12.1 Å². The van der Waals surface area contributed by atoms with Crippen molar-refractivity contribution in [2.45, 2.75) is 33.8 Å². The van der Waals surface area contributed by atoms with Gasteiger partial charge in [-0.2, -0.15) is 0 Å². The highest BCUT2D eigenvalue weighted by Gasteiger charge is 2.16. The second kappa shape index (κ2) is 5.01. The van der Waals surface area contributed by atoms with Crippen LogP contribution in [0.2, 0.25) is 0 Å². The van der Waals surface area contributed by atoms with E-state index in [9.17, 15) is 4.79 Å². The fraction of sp³-hybridized carbons (Fsp3) is 0.462. The number of carbonyl (C=O) groups excluding carboxylic acids is 1. The van der Waals surface area contributed by atoms with Gasteiger partial charge in [0.05, 0.1) is 5.56 Å². The minimum Gasteiger partial charge on any atom is -0.459 e. The van der Waals surface area contributed by atoms with Gasteiger partial charge in [-0.3, -0.25) is 0 Å². The van der Waals surface area contributed by atoms with Crippen LogP contribution in [0.15, 0.2) is 18.2 Å². The zero-order valence-electron chi connectivity index (χ0n) is 10.3. The Labute approximate surface area is 96.6 Å². The summed E-state index contributed by atoms with van der Waals surface area (Å²) in [4.78, 5) is 11.8. The van der Waals surface area contributed by atoms with Crippen molar-refractivity contribution < 1.29 is 9.53 Å². The number of aryl methyl sites for hydroxylation is 1. The van der Waals surface area contributed by atoms with E-state index in [1.165, 1.54) is 0 Å². The summed E-state index contributed by atoms with van der Waals surface area (Å²) in [6.45, 7) is 7.83. The van der Waals surface area contributed by atoms with E-state index in [4.69, 9.17) is 10.5 Å². The molecule has 3 heteroatoms. The molecule has 0 fully saturated rings. The fourth-order valence-electron chi connectivity index (χ4n) is 1.22. The third-order valence-electron chi connectivity index (χ3n) is 2.66. The molecule has 0 aliphatic carbocycles. The Morgan fingerprint density at radius 2 is 1.94 bits per heavy atom. The topological polar surface area (TPSA) is 52.3 Å². The predicted molar refractivity (Wildman–Crippen MR) is 65.3 cm³/mol. The molecule has 0 amide bonds. The number of nitrogen functional groups attached to an aromatic ring is 1. The number of anilines is 1. The van der Waals surface area contributed by atoms with Gasteiger partial charge in [-0.25, -0.2) is 4.79 Å². The molecule has 0 radical (unpaired) electrons. The number of esters is 1. The molecule has 0 heterocycles. The van der Waals surface area contributed by atoms with E-state index in [1.54, 1.807) is 12.1 Å². The Morgan fingerprint density at radius 3 is 2.50 bits per heavy atom. The van der Waals surface area contributed by atoms with Crippen molar-refractivity contribution in [2.24, 2.45) is 5.92 Å². The van der Waals surface area contributed by atoms with Crippen LogP contribution in [0.4, 0.5) is 5.69 Å². The molecule has 1 aromatic carbocycles. The molecule has 0 spiro atoms. The summed E-state index contributed by atoms with van der Waals surface area (Å²) in [5, 5.41) is 0. The van der Waals surface area contributed by atoms with Crippen LogP contribution in [-0.2, 0) is 4.74 Å². The van der Waals surface area contributed by atoms with Gasteiger partial charge in [0.1, 0.15) is 6.10 Å². The van der Waals surface area contributed by atoms with Crippen LogP contribution in [0.3, 0.4) is 0 Å². The van der Waals surface area contributed by atoms with Crippen LogP contribution in [0.25, 0.3) is 0 Å². The van der Waals surface area contributed by atoms with E-state index >= 15 is 0 Å². The summed E-state index contributed by atoms with van der Waals surface area (Å²) in [5.41, 5.74) is 7.66. The number of nitrogens with two attached hydrogens (primary N) is 1. The first-order chi connectivity index (χ1) is 7.41. The molecular formula is C13H19NO2. The average Bonchev–Trinajstić information content (AvgIpc) is 2.21. The lowest BCUT2D eigenvalue weighted by Gasteiger charge is -2.17. The SMILES string of the molecule is Cc1ccc(N)c(C(=O)OC(C)C(C)C)c1. The number of rotatable bonds is 3. The van der Waals surface area contributed by atoms with Crippen molar-refractivity contribution in [1.29, 1.82) is 0 Å². The minimum atomic E-state index is -0.345. The van der Waals surface area contributed by atoms with Crippen molar-refractivity contribution in [1.82, 2.24) is 0 Å². The number of hydrogen-bond acceptors (Lipinski definition) is 3. The van der Waals surface area contributed by atoms with Gasteiger partial charge in [0, 0.05) is 5.69 Å². The molecule has 1 rings (SSSR count). The Hall–Kier alpha value is -1.51. The van der Waals surface area contributed by atoms with E-state index in [0.29, 0.717) is 17.2 Å². The van der Waals surface area contributed by atoms with E-state index < -0.39 is 0 Å². The quantitative estimate of drug-likeness (QED) is 0.630. The van der Waals surface area contributed by atoms with Crippen LogP contribution in [0, 0.1) is 12.8 Å². The van der Waals surface area contributed by atoms with Gasteiger partial charge >= 0.3 is 5.97 Å². The molecule has 3 nitrogen and oxygen atoms in total. The van der Waals surface area contributed by atoms with Crippen molar-refractivity contribution >= 4 is 11.7 Å². The third kappa shape index (κ3) is 2.99. The lowest BCUT2D eigenvalue weighted by atomic mass is 10.1. The number of benzene rings is 1. The summed E-state index contributed by atoms with van der Waals surface area (Å²) in [5.74, 6) is -0.0441. The molecule has 88 valence electrons. The van der Waals surface area contributed by atoms with Gasteiger partial charge in [-0.1, -0.05) is 25.5 Å². The summed E-state index contributed by atoms with van der Waals surface area (Å²) < 4.78 is 5.31. The first-order valence-corrected chi connectivity index (χ1v) is 5.49. The maximum absolute atomic E-state index is 11.8. The predicted octanol–water partition coefficient (Wildman–Crippen LogP) is 2.78. The molecular weight excluding hydrogens is 202 g/mol. The normalized spacial score (nSPS) is 12.6. The van der Waals surface area contributed by atoms with Crippen LogP contribution in [0.1, 0.15) is 36.7 Å². The highest BCUT2D eigenvalue weighted by molar-refractivity contribution is 5.95. The second-order valence-electron chi connectivity index (χ2n) is 4.45. The first kappa shape index (κ1) is 12.6. The lowest BCUT2D eigenvalue weighted by Crippen LogP contribution is -2.21. The van der Waals surface area contributed by atoms with E-state index in [2.05, 4.69) is 0 Å². The zero-order valence-corrected chi connectivity index (χ0v) is 10.3.